The third-order valence-electron chi connectivity index (χ3n) is 4.92. The van der Waals surface area contributed by atoms with Gasteiger partial charge in [-0.25, -0.2) is 10.0 Å². The summed E-state index contributed by atoms with van der Waals surface area (Å²) in [6.45, 7) is 0.667. The molecule has 2 aliphatic heterocycles. The predicted molar refractivity (Wildman–Crippen MR) is 113 cm³/mol. The summed E-state index contributed by atoms with van der Waals surface area (Å²) in [6.07, 6.45) is 5.87. The van der Waals surface area contributed by atoms with Crippen molar-refractivity contribution < 1.29 is 18.9 Å². The van der Waals surface area contributed by atoms with Gasteiger partial charge in [0.1, 0.15) is 23.0 Å². The monoisotopic (exact) mass is 393 g/mol. The third-order valence-corrected chi connectivity index (χ3v) is 4.92. The molecule has 0 aliphatic carbocycles. The van der Waals surface area contributed by atoms with Crippen LogP contribution in [0.15, 0.2) is 59.4 Å². The van der Waals surface area contributed by atoms with Crippen LogP contribution in [0.1, 0.15) is 5.56 Å². The van der Waals surface area contributed by atoms with Crippen LogP contribution < -0.4 is 24.0 Å². The Labute approximate surface area is 170 Å². The molecule has 0 saturated carbocycles. The second-order valence-electron chi connectivity index (χ2n) is 6.39. The Morgan fingerprint density at radius 1 is 0.828 bits per heavy atom. The minimum absolute atomic E-state index is 0.667. The molecule has 0 amide bonds. The highest BCUT2D eigenvalue weighted by Gasteiger charge is 2.31. The molecule has 2 aromatic carbocycles. The largest absolute Gasteiger partial charge is 0.497 e. The number of benzene rings is 2. The van der Waals surface area contributed by atoms with Gasteiger partial charge in [-0.15, -0.1) is 0 Å². The Kier molecular flexibility index (Phi) is 5.03. The van der Waals surface area contributed by atoms with Gasteiger partial charge in [0, 0.05) is 17.8 Å². The van der Waals surface area contributed by atoms with E-state index in [2.05, 4.69) is 21.1 Å². The smallest absolute Gasteiger partial charge is 0.161 e. The van der Waals surface area contributed by atoms with Crippen molar-refractivity contribution in [2.24, 2.45) is 4.99 Å². The first-order valence-corrected chi connectivity index (χ1v) is 9.16. The molecule has 0 N–H and O–H groups in total. The quantitative estimate of drug-likeness (QED) is 0.746. The van der Waals surface area contributed by atoms with Gasteiger partial charge in [-0.3, -0.25) is 5.01 Å². The fourth-order valence-corrected chi connectivity index (χ4v) is 3.49. The Hall–Kier alpha value is -3.61. The van der Waals surface area contributed by atoms with Crippen molar-refractivity contribution in [2.75, 3.05) is 40.0 Å². The van der Waals surface area contributed by atoms with Crippen LogP contribution in [0.3, 0.4) is 0 Å². The van der Waals surface area contributed by atoms with E-state index in [1.165, 1.54) is 0 Å². The van der Waals surface area contributed by atoms with Gasteiger partial charge in [0.2, 0.25) is 0 Å². The molecule has 2 heterocycles. The number of hydrazine groups is 1. The molecule has 29 heavy (non-hydrogen) atoms. The number of allylic oxidation sites excluding steroid dienone is 1. The van der Waals surface area contributed by atoms with Crippen molar-refractivity contribution in [1.29, 1.82) is 0 Å². The van der Waals surface area contributed by atoms with Gasteiger partial charge in [0.05, 0.1) is 40.7 Å². The van der Waals surface area contributed by atoms with E-state index in [4.69, 9.17) is 18.9 Å². The average molecular weight is 393 g/mol. The molecule has 2 aromatic rings. The molecular formula is C22H23N3O4. The van der Waals surface area contributed by atoms with Crippen molar-refractivity contribution in [2.45, 2.75) is 0 Å². The molecule has 7 nitrogen and oxygen atoms in total. The van der Waals surface area contributed by atoms with Crippen molar-refractivity contribution in [1.82, 2.24) is 5.01 Å². The third kappa shape index (κ3) is 3.24. The summed E-state index contributed by atoms with van der Waals surface area (Å²) in [7, 11) is 6.56. The van der Waals surface area contributed by atoms with Crippen LogP contribution in [0, 0.1) is 0 Å². The maximum atomic E-state index is 5.62. The molecule has 0 bridgehead atoms. The molecule has 0 radical (unpaired) electrons. The average Bonchev–Trinajstić information content (AvgIpc) is 3.22. The summed E-state index contributed by atoms with van der Waals surface area (Å²) in [5.74, 6) is 3.68. The van der Waals surface area contributed by atoms with Crippen LogP contribution in [-0.2, 0) is 0 Å². The highest BCUT2D eigenvalue weighted by molar-refractivity contribution is 5.89. The molecule has 2 aliphatic rings. The highest BCUT2D eigenvalue weighted by Crippen LogP contribution is 2.41. The lowest BCUT2D eigenvalue weighted by Crippen LogP contribution is -2.37. The maximum Gasteiger partial charge on any atom is 0.161 e. The molecular weight excluding hydrogens is 370 g/mol. The van der Waals surface area contributed by atoms with Crippen molar-refractivity contribution in [3.05, 3.63) is 59.9 Å². The summed E-state index contributed by atoms with van der Waals surface area (Å²) in [4.78, 5) is 4.53. The van der Waals surface area contributed by atoms with E-state index in [9.17, 15) is 0 Å². The fourth-order valence-electron chi connectivity index (χ4n) is 3.49. The second kappa shape index (κ2) is 7.79. The number of hydrogen-bond acceptors (Lipinski definition) is 7. The molecule has 150 valence electrons. The Morgan fingerprint density at radius 3 is 2.34 bits per heavy atom. The van der Waals surface area contributed by atoms with Gasteiger partial charge in [0.15, 0.2) is 11.5 Å². The number of nitrogens with zero attached hydrogens (tertiary/aromatic N) is 3. The number of fused-ring (bicyclic) bond motifs is 1. The molecule has 7 heteroatoms. The molecule has 4 rings (SSSR count). The zero-order chi connectivity index (χ0) is 20.4. The zero-order valence-electron chi connectivity index (χ0n) is 16.9. The normalized spacial score (nSPS) is 14.9. The van der Waals surface area contributed by atoms with Crippen molar-refractivity contribution in [3.63, 3.8) is 0 Å². The lowest BCUT2D eigenvalue weighted by molar-refractivity contribution is 0.354. The molecule has 0 saturated heterocycles. The summed E-state index contributed by atoms with van der Waals surface area (Å²) in [5.41, 5.74) is 2.88. The molecule has 0 spiro atoms. The summed E-state index contributed by atoms with van der Waals surface area (Å²) >= 11 is 0. The Morgan fingerprint density at radius 2 is 1.62 bits per heavy atom. The van der Waals surface area contributed by atoms with E-state index in [1.807, 2.05) is 48.7 Å². The van der Waals surface area contributed by atoms with Crippen LogP contribution in [0.2, 0.25) is 0 Å². The van der Waals surface area contributed by atoms with E-state index in [0.717, 1.165) is 34.3 Å². The highest BCUT2D eigenvalue weighted by atomic mass is 16.5. The van der Waals surface area contributed by atoms with Crippen LogP contribution >= 0.6 is 0 Å². The van der Waals surface area contributed by atoms with Gasteiger partial charge >= 0.3 is 0 Å². The van der Waals surface area contributed by atoms with Crippen LogP contribution in [0.5, 0.6) is 23.0 Å². The number of methoxy groups -OCH3 is 4. The lowest BCUT2D eigenvalue weighted by Gasteiger charge is -2.36. The van der Waals surface area contributed by atoms with Crippen LogP contribution in [0.25, 0.3) is 5.70 Å². The second-order valence-corrected chi connectivity index (χ2v) is 6.39. The van der Waals surface area contributed by atoms with Crippen molar-refractivity contribution in [3.8, 4) is 23.0 Å². The van der Waals surface area contributed by atoms with Gasteiger partial charge < -0.3 is 18.9 Å². The summed E-state index contributed by atoms with van der Waals surface area (Å²) < 4.78 is 21.8. The Bertz CT molecular complexity index is 1010. The summed E-state index contributed by atoms with van der Waals surface area (Å²) in [5, 5.41) is 4.19. The van der Waals surface area contributed by atoms with E-state index in [-0.39, 0.29) is 0 Å². The number of hydrogen-bond donors (Lipinski definition) is 0. The SMILES string of the molecule is COc1ccc(N2CC=C3N=CC=C(c4ccc(OC)c(OC)c4)N32)c(OC)c1. The molecule has 0 unspecified atom stereocenters. The number of ether oxygens (including phenoxy) is 4. The first-order chi connectivity index (χ1) is 14.2. The minimum Gasteiger partial charge on any atom is -0.497 e. The fraction of sp³-hybridized carbons (Fsp3) is 0.227. The first-order valence-electron chi connectivity index (χ1n) is 9.16. The first kappa shape index (κ1) is 18.7. The minimum atomic E-state index is 0.667. The number of anilines is 1. The molecule has 0 fully saturated rings. The van der Waals surface area contributed by atoms with E-state index < -0.39 is 0 Å². The maximum absolute atomic E-state index is 5.62. The Balaban J connectivity index is 1.75. The predicted octanol–water partition coefficient (Wildman–Crippen LogP) is 3.72. The molecule has 0 atom stereocenters. The van der Waals surface area contributed by atoms with Gasteiger partial charge in [-0.05, 0) is 42.5 Å². The van der Waals surface area contributed by atoms with Gasteiger partial charge in [0.25, 0.3) is 0 Å². The molecule has 0 aromatic heterocycles. The van der Waals surface area contributed by atoms with E-state index in [1.54, 1.807) is 28.4 Å². The number of aliphatic imine (C=N–C) groups is 1. The van der Waals surface area contributed by atoms with Crippen LogP contribution in [-0.4, -0.2) is 46.2 Å². The lowest BCUT2D eigenvalue weighted by atomic mass is 10.1. The van der Waals surface area contributed by atoms with Gasteiger partial charge in [-0.2, -0.15) is 0 Å². The summed E-state index contributed by atoms with van der Waals surface area (Å²) in [6, 6.07) is 11.6. The van der Waals surface area contributed by atoms with Crippen LogP contribution in [0.4, 0.5) is 5.69 Å². The van der Waals surface area contributed by atoms with Gasteiger partial charge in [-0.1, -0.05) is 0 Å². The number of rotatable bonds is 6. The zero-order valence-corrected chi connectivity index (χ0v) is 16.9. The topological polar surface area (TPSA) is 55.8 Å². The standard InChI is InChI=1S/C22H23N3O4/c1-26-16-6-7-18(20(14-16)28-3)24-12-10-22-23-11-9-17(25(22)24)15-5-8-19(27-2)21(13-15)29-4/h5-11,13-14H,12H2,1-4H3. The van der Waals surface area contributed by atoms with E-state index in [0.29, 0.717) is 18.0 Å². The van der Waals surface area contributed by atoms with Crippen molar-refractivity contribution >= 4 is 17.6 Å². The van der Waals surface area contributed by atoms with E-state index >= 15 is 0 Å².